The maximum Gasteiger partial charge on any atom is 0.252 e. The quantitative estimate of drug-likeness (QED) is 0.716. The lowest BCUT2D eigenvalue weighted by Gasteiger charge is -2.12. The fourth-order valence-electron chi connectivity index (χ4n) is 1.10. The van der Waals surface area contributed by atoms with Crippen molar-refractivity contribution < 1.29 is 4.79 Å². The first-order valence-corrected chi connectivity index (χ1v) is 4.12. The third-order valence-corrected chi connectivity index (χ3v) is 1.94. The Balaban J connectivity index is 2.01. The van der Waals surface area contributed by atoms with E-state index in [0.29, 0.717) is 5.82 Å². The minimum Gasteiger partial charge on any atom is -0.304 e. The molecule has 0 aromatic carbocycles. The zero-order valence-corrected chi connectivity index (χ0v) is 7.32. The molecular formula is C8H10N4O. The Hall–Kier alpha value is -1.65. The molecule has 68 valence electrons. The summed E-state index contributed by atoms with van der Waals surface area (Å²) in [5.74, 6) is 0.437. The van der Waals surface area contributed by atoms with Crippen molar-refractivity contribution >= 4 is 11.7 Å². The van der Waals surface area contributed by atoms with Crippen LogP contribution in [0.1, 0.15) is 12.8 Å². The van der Waals surface area contributed by atoms with Gasteiger partial charge >= 0.3 is 0 Å². The molecule has 1 aromatic heterocycles. The van der Waals surface area contributed by atoms with Gasteiger partial charge in [-0.15, -0.1) is 5.10 Å². The number of carbonyl (C=O) groups excluding carboxylic acids is 1. The number of carbonyl (C=O) groups is 1. The lowest BCUT2D eigenvalue weighted by atomic mass is 9.98. The highest BCUT2D eigenvalue weighted by atomic mass is 16.1. The van der Waals surface area contributed by atoms with Crippen molar-refractivity contribution in [3.63, 3.8) is 0 Å². The molecule has 1 heterocycles. The summed E-state index contributed by atoms with van der Waals surface area (Å²) in [4.78, 5) is 11.3. The lowest BCUT2D eigenvalue weighted by molar-refractivity contribution is -0.113. The molecule has 1 aliphatic rings. The Bertz CT molecular complexity index is 366. The first-order valence-electron chi connectivity index (χ1n) is 4.12. The Kier molecular flexibility index (Phi) is 1.84. The summed E-state index contributed by atoms with van der Waals surface area (Å²) in [6.07, 6.45) is 5.46. The van der Waals surface area contributed by atoms with Crippen LogP contribution in [0.2, 0.25) is 0 Å². The van der Waals surface area contributed by atoms with Crippen molar-refractivity contribution in [2.45, 2.75) is 12.8 Å². The predicted molar refractivity (Wildman–Crippen MR) is 46.9 cm³/mol. The van der Waals surface area contributed by atoms with E-state index >= 15 is 0 Å². The van der Waals surface area contributed by atoms with Gasteiger partial charge in [-0.2, -0.15) is 0 Å². The van der Waals surface area contributed by atoms with E-state index < -0.39 is 0 Å². The van der Waals surface area contributed by atoms with E-state index in [1.165, 1.54) is 0 Å². The molecule has 0 bridgehead atoms. The van der Waals surface area contributed by atoms with E-state index in [1.54, 1.807) is 17.9 Å². The van der Waals surface area contributed by atoms with E-state index in [-0.39, 0.29) is 5.91 Å². The molecule has 13 heavy (non-hydrogen) atoms. The Labute approximate surface area is 75.4 Å². The minimum absolute atomic E-state index is 0.0632. The summed E-state index contributed by atoms with van der Waals surface area (Å²) >= 11 is 0. The Morgan fingerprint density at radius 3 is 2.92 bits per heavy atom. The standard InChI is InChI=1S/C8H10N4O/c1-12-5-7(10-11-12)9-8(13)6-3-2-4-6/h3,5H,2,4H2,1H3,(H,9,13). The summed E-state index contributed by atoms with van der Waals surface area (Å²) < 4.78 is 1.55. The molecule has 0 saturated carbocycles. The molecule has 0 spiro atoms. The molecule has 0 saturated heterocycles. The largest absolute Gasteiger partial charge is 0.304 e. The number of amides is 1. The van der Waals surface area contributed by atoms with Gasteiger partial charge in [0.15, 0.2) is 5.82 Å². The summed E-state index contributed by atoms with van der Waals surface area (Å²) in [6, 6.07) is 0. The molecule has 1 N–H and O–H groups in total. The van der Waals surface area contributed by atoms with Gasteiger partial charge in [0.1, 0.15) is 0 Å². The van der Waals surface area contributed by atoms with Crippen LogP contribution in [0.3, 0.4) is 0 Å². The molecule has 1 aromatic rings. The average molecular weight is 178 g/mol. The normalized spacial score (nSPS) is 14.7. The van der Waals surface area contributed by atoms with Gasteiger partial charge in [-0.25, -0.2) is 0 Å². The van der Waals surface area contributed by atoms with E-state index in [4.69, 9.17) is 0 Å². The van der Waals surface area contributed by atoms with E-state index in [9.17, 15) is 4.79 Å². The number of hydrogen-bond acceptors (Lipinski definition) is 3. The SMILES string of the molecule is Cn1cc(NC(=O)C2=CCC2)nn1. The van der Waals surface area contributed by atoms with Crippen molar-refractivity contribution in [1.29, 1.82) is 0 Å². The number of rotatable bonds is 2. The van der Waals surface area contributed by atoms with E-state index in [1.807, 2.05) is 6.08 Å². The second-order valence-electron chi connectivity index (χ2n) is 3.00. The predicted octanol–water partition coefficient (Wildman–Crippen LogP) is 0.474. The van der Waals surface area contributed by atoms with Crippen LogP contribution in [0.25, 0.3) is 0 Å². The molecule has 5 nitrogen and oxygen atoms in total. The lowest BCUT2D eigenvalue weighted by Crippen LogP contribution is -2.17. The Morgan fingerprint density at radius 2 is 2.46 bits per heavy atom. The first-order chi connectivity index (χ1) is 6.25. The van der Waals surface area contributed by atoms with Gasteiger partial charge in [-0.3, -0.25) is 9.48 Å². The van der Waals surface area contributed by atoms with Gasteiger partial charge in [-0.05, 0) is 12.8 Å². The minimum atomic E-state index is -0.0632. The molecule has 0 atom stereocenters. The summed E-state index contributed by atoms with van der Waals surface area (Å²) in [6.45, 7) is 0. The molecule has 1 amide bonds. The number of anilines is 1. The highest BCUT2D eigenvalue weighted by Crippen LogP contribution is 2.18. The molecule has 0 fully saturated rings. The van der Waals surface area contributed by atoms with Crippen LogP contribution in [0.5, 0.6) is 0 Å². The number of allylic oxidation sites excluding steroid dienone is 1. The van der Waals surface area contributed by atoms with Crippen LogP contribution < -0.4 is 5.32 Å². The van der Waals surface area contributed by atoms with Gasteiger partial charge in [0.2, 0.25) is 0 Å². The van der Waals surface area contributed by atoms with Gasteiger partial charge in [0.25, 0.3) is 5.91 Å². The highest BCUT2D eigenvalue weighted by Gasteiger charge is 2.15. The Morgan fingerprint density at radius 1 is 1.69 bits per heavy atom. The van der Waals surface area contributed by atoms with E-state index in [2.05, 4.69) is 15.6 Å². The third-order valence-electron chi connectivity index (χ3n) is 1.94. The van der Waals surface area contributed by atoms with Crippen LogP contribution >= 0.6 is 0 Å². The van der Waals surface area contributed by atoms with Crippen LogP contribution in [-0.4, -0.2) is 20.9 Å². The van der Waals surface area contributed by atoms with Crippen LogP contribution in [-0.2, 0) is 11.8 Å². The van der Waals surface area contributed by atoms with Gasteiger partial charge in [0.05, 0.1) is 6.20 Å². The molecule has 0 unspecified atom stereocenters. The highest BCUT2D eigenvalue weighted by molar-refractivity contribution is 6.03. The molecule has 2 rings (SSSR count). The third kappa shape index (κ3) is 1.58. The molecule has 0 radical (unpaired) electrons. The monoisotopic (exact) mass is 178 g/mol. The maximum atomic E-state index is 11.3. The molecular weight excluding hydrogens is 168 g/mol. The topological polar surface area (TPSA) is 59.8 Å². The first kappa shape index (κ1) is 7.97. The van der Waals surface area contributed by atoms with Gasteiger partial charge in [0, 0.05) is 12.6 Å². The smallest absolute Gasteiger partial charge is 0.252 e. The fourth-order valence-corrected chi connectivity index (χ4v) is 1.10. The summed E-state index contributed by atoms with van der Waals surface area (Å²) in [7, 11) is 1.76. The number of hydrogen-bond donors (Lipinski definition) is 1. The van der Waals surface area contributed by atoms with Crippen molar-refractivity contribution in [3.05, 3.63) is 17.8 Å². The fraction of sp³-hybridized carbons (Fsp3) is 0.375. The number of nitrogens with one attached hydrogen (secondary N) is 1. The van der Waals surface area contributed by atoms with Gasteiger partial charge in [-0.1, -0.05) is 11.3 Å². The van der Waals surface area contributed by atoms with Crippen LogP contribution in [0.4, 0.5) is 5.82 Å². The van der Waals surface area contributed by atoms with Gasteiger partial charge < -0.3 is 5.32 Å². The van der Waals surface area contributed by atoms with Crippen LogP contribution in [0.15, 0.2) is 17.8 Å². The number of nitrogens with zero attached hydrogens (tertiary/aromatic N) is 3. The van der Waals surface area contributed by atoms with Crippen molar-refractivity contribution in [2.75, 3.05) is 5.32 Å². The summed E-state index contributed by atoms with van der Waals surface area (Å²) in [5.41, 5.74) is 0.839. The second kappa shape index (κ2) is 3.01. The molecule has 0 aliphatic heterocycles. The second-order valence-corrected chi connectivity index (χ2v) is 3.00. The van der Waals surface area contributed by atoms with Crippen molar-refractivity contribution in [1.82, 2.24) is 15.0 Å². The summed E-state index contributed by atoms with van der Waals surface area (Å²) in [5, 5.41) is 10.1. The molecule has 1 aliphatic carbocycles. The zero-order valence-electron chi connectivity index (χ0n) is 7.32. The number of aromatic nitrogens is 3. The maximum absolute atomic E-state index is 11.3. The average Bonchev–Trinajstić information content (AvgIpc) is 2.31. The van der Waals surface area contributed by atoms with Crippen molar-refractivity contribution in [2.24, 2.45) is 7.05 Å². The zero-order chi connectivity index (χ0) is 9.26. The molecule has 5 heteroatoms. The van der Waals surface area contributed by atoms with Crippen LogP contribution in [0, 0.1) is 0 Å². The van der Waals surface area contributed by atoms with E-state index in [0.717, 1.165) is 18.4 Å². The number of aryl methyl sites for hydroxylation is 1. The van der Waals surface area contributed by atoms with Crippen molar-refractivity contribution in [3.8, 4) is 0 Å².